The van der Waals surface area contributed by atoms with Crippen LogP contribution in [0.4, 0.5) is 0 Å². The number of hydrogen-bond donors (Lipinski definition) is 1. The molecule has 12 heavy (non-hydrogen) atoms. The fourth-order valence-corrected chi connectivity index (χ4v) is 1.48. The number of aromatic nitrogens is 1. The second-order valence-electron chi connectivity index (χ2n) is 2.53. The van der Waals surface area contributed by atoms with Gasteiger partial charge in [-0.25, -0.2) is 9.78 Å². The molecular formula is C7H10N2O2S. The van der Waals surface area contributed by atoms with E-state index in [-0.39, 0.29) is 0 Å². The van der Waals surface area contributed by atoms with Gasteiger partial charge in [-0.3, -0.25) is 0 Å². The second kappa shape index (κ2) is 3.20. The molecule has 0 saturated carbocycles. The van der Waals surface area contributed by atoms with Crippen LogP contribution in [0.25, 0.3) is 0 Å². The van der Waals surface area contributed by atoms with Crippen molar-refractivity contribution in [1.29, 1.82) is 0 Å². The highest BCUT2D eigenvalue weighted by Crippen LogP contribution is 2.20. The summed E-state index contributed by atoms with van der Waals surface area (Å²) < 4.78 is 4.54. The molecule has 0 saturated heterocycles. The maximum Gasteiger partial charge on any atom is 0.332 e. The molecule has 0 aliphatic heterocycles. The minimum atomic E-state index is -1.12. The van der Waals surface area contributed by atoms with E-state index in [0.29, 0.717) is 5.01 Å². The molecular weight excluding hydrogens is 176 g/mol. The van der Waals surface area contributed by atoms with E-state index in [9.17, 15) is 4.79 Å². The topological polar surface area (TPSA) is 65.2 Å². The van der Waals surface area contributed by atoms with E-state index in [4.69, 9.17) is 5.73 Å². The third kappa shape index (κ3) is 1.46. The lowest BCUT2D eigenvalue weighted by molar-refractivity contribution is -0.146. The van der Waals surface area contributed by atoms with Crippen molar-refractivity contribution in [2.24, 2.45) is 5.73 Å². The molecule has 1 aromatic heterocycles. The summed E-state index contributed by atoms with van der Waals surface area (Å²) in [5, 5.41) is 2.33. The molecule has 0 bridgehead atoms. The minimum absolute atomic E-state index is 0.475. The zero-order valence-corrected chi connectivity index (χ0v) is 7.72. The Morgan fingerprint density at radius 1 is 1.83 bits per heavy atom. The molecule has 2 N–H and O–H groups in total. The third-order valence-electron chi connectivity index (χ3n) is 1.49. The first-order valence-corrected chi connectivity index (χ1v) is 4.24. The van der Waals surface area contributed by atoms with Gasteiger partial charge >= 0.3 is 5.97 Å². The largest absolute Gasteiger partial charge is 0.467 e. The van der Waals surface area contributed by atoms with Crippen LogP contribution < -0.4 is 5.73 Å². The Labute approximate surface area is 74.4 Å². The smallest absolute Gasteiger partial charge is 0.332 e. The summed E-state index contributed by atoms with van der Waals surface area (Å²) >= 11 is 1.34. The maximum absolute atomic E-state index is 11.2. The zero-order chi connectivity index (χ0) is 9.19. The first-order valence-electron chi connectivity index (χ1n) is 3.36. The quantitative estimate of drug-likeness (QED) is 0.683. The number of thiazole rings is 1. The maximum atomic E-state index is 11.2. The first kappa shape index (κ1) is 9.15. The Kier molecular flexibility index (Phi) is 2.44. The van der Waals surface area contributed by atoms with Gasteiger partial charge in [0, 0.05) is 11.6 Å². The Bertz CT molecular complexity index is 269. The molecule has 0 spiro atoms. The van der Waals surface area contributed by atoms with E-state index >= 15 is 0 Å². The molecule has 5 heteroatoms. The molecule has 0 aliphatic carbocycles. The van der Waals surface area contributed by atoms with Crippen LogP contribution in [0.15, 0.2) is 11.6 Å². The van der Waals surface area contributed by atoms with E-state index < -0.39 is 11.5 Å². The van der Waals surface area contributed by atoms with Gasteiger partial charge in [0.05, 0.1) is 7.11 Å². The summed E-state index contributed by atoms with van der Waals surface area (Å²) in [6.45, 7) is 1.58. The molecule has 66 valence electrons. The zero-order valence-electron chi connectivity index (χ0n) is 6.90. The van der Waals surface area contributed by atoms with Gasteiger partial charge in [-0.1, -0.05) is 0 Å². The number of rotatable bonds is 2. The summed E-state index contributed by atoms with van der Waals surface area (Å²) in [5.74, 6) is -0.475. The Hall–Kier alpha value is -0.940. The normalized spacial score (nSPS) is 15.2. The average Bonchev–Trinajstić information content (AvgIpc) is 2.55. The van der Waals surface area contributed by atoms with E-state index in [1.807, 2.05) is 0 Å². The van der Waals surface area contributed by atoms with Crippen molar-refractivity contribution in [2.45, 2.75) is 12.5 Å². The highest BCUT2D eigenvalue weighted by Gasteiger charge is 2.34. The molecule has 1 atom stereocenters. The van der Waals surface area contributed by atoms with Gasteiger partial charge in [-0.2, -0.15) is 0 Å². The monoisotopic (exact) mass is 186 g/mol. The average molecular weight is 186 g/mol. The second-order valence-corrected chi connectivity index (χ2v) is 3.43. The number of carbonyl (C=O) groups is 1. The van der Waals surface area contributed by atoms with Crippen molar-refractivity contribution < 1.29 is 9.53 Å². The molecule has 1 heterocycles. The van der Waals surface area contributed by atoms with Crippen molar-refractivity contribution in [3.63, 3.8) is 0 Å². The van der Waals surface area contributed by atoms with Crippen LogP contribution in [0.5, 0.6) is 0 Å². The lowest BCUT2D eigenvalue weighted by Crippen LogP contribution is -2.42. The fraction of sp³-hybridized carbons (Fsp3) is 0.429. The van der Waals surface area contributed by atoms with Crippen LogP contribution in [0, 0.1) is 0 Å². The number of esters is 1. The van der Waals surface area contributed by atoms with Crippen LogP contribution >= 0.6 is 11.3 Å². The fourth-order valence-electron chi connectivity index (χ4n) is 0.779. The van der Waals surface area contributed by atoms with Crippen LogP contribution in [-0.4, -0.2) is 18.1 Å². The summed E-state index contributed by atoms with van der Waals surface area (Å²) in [4.78, 5) is 15.1. The molecule has 0 fully saturated rings. The summed E-state index contributed by atoms with van der Waals surface area (Å²) in [7, 11) is 1.31. The number of methoxy groups -OCH3 is 1. The van der Waals surface area contributed by atoms with E-state index in [1.54, 1.807) is 18.5 Å². The SMILES string of the molecule is COC(=O)[C@@](C)(N)c1nccs1. The number of ether oxygens (including phenoxy) is 1. The van der Waals surface area contributed by atoms with Gasteiger partial charge < -0.3 is 10.5 Å². The standard InChI is InChI=1S/C7H10N2O2S/c1-7(8,6(10)11-2)5-9-3-4-12-5/h3-4H,8H2,1-2H3/t7-/m0/s1. The highest BCUT2D eigenvalue weighted by molar-refractivity contribution is 7.09. The number of nitrogens with two attached hydrogens (primary N) is 1. The number of nitrogens with zero attached hydrogens (tertiary/aromatic N) is 1. The summed E-state index contributed by atoms with van der Waals surface area (Å²) in [5.41, 5.74) is 4.59. The lowest BCUT2D eigenvalue weighted by atomic mass is 10.1. The van der Waals surface area contributed by atoms with Crippen LogP contribution in [0.1, 0.15) is 11.9 Å². The molecule has 0 unspecified atom stereocenters. The third-order valence-corrected chi connectivity index (χ3v) is 2.50. The lowest BCUT2D eigenvalue weighted by Gasteiger charge is -2.17. The molecule has 1 aromatic rings. The Morgan fingerprint density at radius 2 is 2.50 bits per heavy atom. The molecule has 0 radical (unpaired) electrons. The molecule has 0 aromatic carbocycles. The van der Waals surface area contributed by atoms with Crippen molar-refractivity contribution in [3.8, 4) is 0 Å². The molecule has 0 aliphatic rings. The van der Waals surface area contributed by atoms with Crippen molar-refractivity contribution in [1.82, 2.24) is 4.98 Å². The van der Waals surface area contributed by atoms with E-state index in [0.717, 1.165) is 0 Å². The van der Waals surface area contributed by atoms with Gasteiger partial charge in [0.25, 0.3) is 0 Å². The van der Waals surface area contributed by atoms with Crippen LogP contribution in [0.2, 0.25) is 0 Å². The Morgan fingerprint density at radius 3 is 2.92 bits per heavy atom. The number of hydrogen-bond acceptors (Lipinski definition) is 5. The predicted octanol–water partition coefficient (Wildman–Crippen LogP) is 0.490. The van der Waals surface area contributed by atoms with Crippen molar-refractivity contribution >= 4 is 17.3 Å². The van der Waals surface area contributed by atoms with Crippen LogP contribution in [0.3, 0.4) is 0 Å². The van der Waals surface area contributed by atoms with Crippen LogP contribution in [-0.2, 0) is 15.1 Å². The van der Waals surface area contributed by atoms with Gasteiger partial charge in [0.2, 0.25) is 0 Å². The van der Waals surface area contributed by atoms with Crippen molar-refractivity contribution in [2.75, 3.05) is 7.11 Å². The highest BCUT2D eigenvalue weighted by atomic mass is 32.1. The number of carbonyl (C=O) groups excluding carboxylic acids is 1. The molecule has 1 rings (SSSR count). The predicted molar refractivity (Wildman–Crippen MR) is 45.7 cm³/mol. The van der Waals surface area contributed by atoms with Gasteiger partial charge in [0.1, 0.15) is 5.01 Å². The Balaban J connectivity index is 2.93. The minimum Gasteiger partial charge on any atom is -0.467 e. The molecule has 4 nitrogen and oxygen atoms in total. The van der Waals surface area contributed by atoms with E-state index in [2.05, 4.69) is 9.72 Å². The van der Waals surface area contributed by atoms with Gasteiger partial charge in [-0.15, -0.1) is 11.3 Å². The summed E-state index contributed by atoms with van der Waals surface area (Å²) in [6.07, 6.45) is 1.61. The summed E-state index contributed by atoms with van der Waals surface area (Å²) in [6, 6.07) is 0. The first-order chi connectivity index (χ1) is 5.59. The van der Waals surface area contributed by atoms with Crippen molar-refractivity contribution in [3.05, 3.63) is 16.6 Å². The van der Waals surface area contributed by atoms with E-state index in [1.165, 1.54) is 18.4 Å². The van der Waals surface area contributed by atoms with Gasteiger partial charge in [0.15, 0.2) is 5.54 Å². The molecule has 0 amide bonds. The van der Waals surface area contributed by atoms with Gasteiger partial charge in [-0.05, 0) is 6.92 Å².